The first-order chi connectivity index (χ1) is 11.6. The Morgan fingerprint density at radius 2 is 1.92 bits per heavy atom. The second-order valence-electron chi connectivity index (χ2n) is 5.40. The molecule has 1 aromatic carbocycles. The lowest BCUT2D eigenvalue weighted by molar-refractivity contribution is 1.19. The summed E-state index contributed by atoms with van der Waals surface area (Å²) >= 11 is 3.10. The van der Waals surface area contributed by atoms with Crippen molar-refractivity contribution in [2.75, 3.05) is 5.73 Å². The van der Waals surface area contributed by atoms with Crippen LogP contribution in [0.5, 0.6) is 0 Å². The van der Waals surface area contributed by atoms with Gasteiger partial charge in [-0.2, -0.15) is 0 Å². The third kappa shape index (κ3) is 2.60. The summed E-state index contributed by atoms with van der Waals surface area (Å²) in [6, 6.07) is 12.1. The minimum Gasteiger partial charge on any atom is -0.383 e. The van der Waals surface area contributed by atoms with E-state index in [9.17, 15) is 0 Å². The topological polar surface area (TPSA) is 64.7 Å². The summed E-state index contributed by atoms with van der Waals surface area (Å²) in [6.45, 7) is 6.17. The lowest BCUT2D eigenvalue weighted by Gasteiger charge is -2.01. The predicted molar refractivity (Wildman–Crippen MR) is 102 cm³/mol. The summed E-state index contributed by atoms with van der Waals surface area (Å²) in [5.74, 6) is 1.06. The molecule has 0 aliphatic carbocycles. The standard InChI is InChI=1S/C18H14N4S2/c1-10-9-23-18(20-10)16-21-15(19)13-8-14(24-17(13)22-16)11(2)12-6-4-3-5-7-12/h3-9H,2H2,1H3,(H2,19,21,22). The number of nitrogens with zero attached hydrogens (tertiary/aromatic N) is 3. The zero-order valence-corrected chi connectivity index (χ0v) is 14.6. The van der Waals surface area contributed by atoms with Crippen molar-refractivity contribution in [2.24, 2.45) is 0 Å². The molecule has 6 heteroatoms. The Labute approximate surface area is 147 Å². The highest BCUT2D eigenvalue weighted by Crippen LogP contribution is 2.35. The first-order valence-electron chi connectivity index (χ1n) is 7.36. The van der Waals surface area contributed by atoms with Gasteiger partial charge in [0, 0.05) is 16.0 Å². The molecule has 3 heterocycles. The lowest BCUT2D eigenvalue weighted by Crippen LogP contribution is -1.95. The molecule has 0 aliphatic heterocycles. The maximum atomic E-state index is 6.16. The second kappa shape index (κ2) is 5.81. The number of fused-ring (bicyclic) bond motifs is 1. The minimum absolute atomic E-state index is 0.478. The van der Waals surface area contributed by atoms with E-state index in [-0.39, 0.29) is 0 Å². The fraction of sp³-hybridized carbons (Fsp3) is 0.0556. The molecule has 24 heavy (non-hydrogen) atoms. The maximum absolute atomic E-state index is 6.16. The van der Waals surface area contributed by atoms with Crippen LogP contribution in [0.1, 0.15) is 16.1 Å². The summed E-state index contributed by atoms with van der Waals surface area (Å²) in [4.78, 5) is 15.4. The molecule has 4 aromatic rings. The van der Waals surface area contributed by atoms with Crippen molar-refractivity contribution in [1.29, 1.82) is 0 Å². The van der Waals surface area contributed by atoms with Crippen molar-refractivity contribution >= 4 is 44.3 Å². The van der Waals surface area contributed by atoms with Crippen molar-refractivity contribution in [1.82, 2.24) is 15.0 Å². The molecular weight excluding hydrogens is 336 g/mol. The van der Waals surface area contributed by atoms with Crippen LogP contribution in [0.25, 0.3) is 26.6 Å². The van der Waals surface area contributed by atoms with Crippen LogP contribution in [0.2, 0.25) is 0 Å². The van der Waals surface area contributed by atoms with Gasteiger partial charge in [0.05, 0.1) is 5.39 Å². The van der Waals surface area contributed by atoms with Crippen LogP contribution in [0.3, 0.4) is 0 Å². The van der Waals surface area contributed by atoms with Crippen LogP contribution in [0, 0.1) is 6.92 Å². The molecule has 0 saturated carbocycles. The third-order valence-corrected chi connectivity index (χ3v) is 5.70. The Kier molecular flexibility index (Phi) is 3.63. The molecule has 0 amide bonds. The lowest BCUT2D eigenvalue weighted by atomic mass is 10.1. The number of thiazole rings is 1. The molecule has 0 fully saturated rings. The number of rotatable bonds is 3. The van der Waals surface area contributed by atoms with E-state index in [4.69, 9.17) is 5.73 Å². The van der Waals surface area contributed by atoms with E-state index in [1.54, 1.807) is 11.3 Å². The summed E-state index contributed by atoms with van der Waals surface area (Å²) in [7, 11) is 0. The van der Waals surface area contributed by atoms with E-state index >= 15 is 0 Å². The summed E-state index contributed by atoms with van der Waals surface area (Å²) in [5, 5.41) is 3.64. The van der Waals surface area contributed by atoms with Crippen molar-refractivity contribution in [2.45, 2.75) is 6.92 Å². The van der Waals surface area contributed by atoms with Gasteiger partial charge in [-0.25, -0.2) is 15.0 Å². The normalized spacial score (nSPS) is 11.0. The van der Waals surface area contributed by atoms with Crippen LogP contribution in [-0.2, 0) is 0 Å². The summed E-state index contributed by atoms with van der Waals surface area (Å²) in [5.41, 5.74) is 9.17. The van der Waals surface area contributed by atoms with Crippen LogP contribution in [-0.4, -0.2) is 15.0 Å². The first kappa shape index (κ1) is 15.0. The van der Waals surface area contributed by atoms with Crippen LogP contribution < -0.4 is 5.73 Å². The van der Waals surface area contributed by atoms with Gasteiger partial charge < -0.3 is 5.73 Å². The average Bonchev–Trinajstić information content (AvgIpc) is 3.21. The molecule has 0 aliphatic rings. The fourth-order valence-corrected chi connectivity index (χ4v) is 4.19. The van der Waals surface area contributed by atoms with Gasteiger partial charge in [-0.1, -0.05) is 36.9 Å². The van der Waals surface area contributed by atoms with E-state index in [1.807, 2.05) is 48.7 Å². The molecule has 0 bridgehead atoms. The molecule has 2 N–H and O–H groups in total. The molecule has 4 rings (SSSR count). The molecule has 3 aromatic heterocycles. The monoisotopic (exact) mass is 350 g/mol. The summed E-state index contributed by atoms with van der Waals surface area (Å²) in [6.07, 6.45) is 0. The minimum atomic E-state index is 0.478. The molecule has 0 spiro atoms. The zero-order chi connectivity index (χ0) is 16.7. The summed E-state index contributed by atoms with van der Waals surface area (Å²) < 4.78 is 0. The van der Waals surface area contributed by atoms with Crippen molar-refractivity contribution in [3.63, 3.8) is 0 Å². The largest absolute Gasteiger partial charge is 0.383 e. The maximum Gasteiger partial charge on any atom is 0.192 e. The smallest absolute Gasteiger partial charge is 0.192 e. The molecular formula is C18H14N4S2. The number of aromatic nitrogens is 3. The fourth-order valence-electron chi connectivity index (χ4n) is 2.43. The first-order valence-corrected chi connectivity index (χ1v) is 9.05. The van der Waals surface area contributed by atoms with Crippen molar-refractivity contribution in [3.8, 4) is 10.8 Å². The molecule has 0 unspecified atom stereocenters. The van der Waals surface area contributed by atoms with Gasteiger partial charge in [0.1, 0.15) is 10.6 Å². The number of hydrogen-bond donors (Lipinski definition) is 1. The van der Waals surface area contributed by atoms with E-state index in [0.717, 1.165) is 36.9 Å². The zero-order valence-electron chi connectivity index (χ0n) is 13.0. The van der Waals surface area contributed by atoms with Gasteiger partial charge in [-0.05, 0) is 24.1 Å². The van der Waals surface area contributed by atoms with E-state index < -0.39 is 0 Å². The number of aryl methyl sites for hydroxylation is 1. The van der Waals surface area contributed by atoms with E-state index in [0.29, 0.717) is 11.6 Å². The van der Waals surface area contributed by atoms with Gasteiger partial charge in [0.25, 0.3) is 0 Å². The van der Waals surface area contributed by atoms with Crippen molar-refractivity contribution in [3.05, 3.63) is 64.5 Å². The molecule has 0 atom stereocenters. The highest BCUT2D eigenvalue weighted by atomic mass is 32.1. The van der Waals surface area contributed by atoms with Gasteiger partial charge in [-0.15, -0.1) is 22.7 Å². The van der Waals surface area contributed by atoms with Gasteiger partial charge in [0.15, 0.2) is 10.8 Å². The predicted octanol–water partition coefficient (Wildman–Crippen LogP) is 4.77. The number of nitrogen functional groups attached to an aromatic ring is 1. The van der Waals surface area contributed by atoms with Crippen LogP contribution in [0.4, 0.5) is 5.82 Å². The van der Waals surface area contributed by atoms with Crippen LogP contribution in [0.15, 0.2) is 48.4 Å². The van der Waals surface area contributed by atoms with Gasteiger partial charge >= 0.3 is 0 Å². The highest BCUT2D eigenvalue weighted by Gasteiger charge is 2.14. The number of hydrogen-bond acceptors (Lipinski definition) is 6. The Hall–Kier alpha value is -2.57. The Balaban J connectivity index is 1.81. The van der Waals surface area contributed by atoms with E-state index in [2.05, 4.69) is 21.5 Å². The number of anilines is 1. The Morgan fingerprint density at radius 3 is 2.62 bits per heavy atom. The Bertz CT molecular complexity index is 1050. The molecule has 0 radical (unpaired) electrons. The Morgan fingerprint density at radius 1 is 1.12 bits per heavy atom. The average molecular weight is 350 g/mol. The number of thiophene rings is 1. The third-order valence-electron chi connectivity index (χ3n) is 3.65. The van der Waals surface area contributed by atoms with Gasteiger partial charge in [0.2, 0.25) is 0 Å². The van der Waals surface area contributed by atoms with E-state index in [1.165, 1.54) is 11.3 Å². The molecule has 118 valence electrons. The second-order valence-corrected chi connectivity index (χ2v) is 7.29. The van der Waals surface area contributed by atoms with Gasteiger partial charge in [-0.3, -0.25) is 0 Å². The highest BCUT2D eigenvalue weighted by molar-refractivity contribution is 7.19. The molecule has 4 nitrogen and oxygen atoms in total. The number of benzene rings is 1. The quantitative estimate of drug-likeness (QED) is 0.578. The number of nitrogens with two attached hydrogens (primary N) is 1. The van der Waals surface area contributed by atoms with Crippen molar-refractivity contribution < 1.29 is 0 Å². The molecule has 0 saturated heterocycles. The van der Waals surface area contributed by atoms with Crippen LogP contribution >= 0.6 is 22.7 Å². The SMILES string of the molecule is C=C(c1ccccc1)c1cc2c(N)nc(-c3nc(C)cs3)nc2s1.